The average molecular weight is 384 g/mol. The largest absolute Gasteiger partial charge is 0.433 e. The first-order valence-electron chi connectivity index (χ1n) is 8.56. The highest BCUT2D eigenvalue weighted by Gasteiger charge is 2.38. The molecule has 142 valence electrons. The number of nitrogens with zero attached hydrogens (tertiary/aromatic N) is 6. The standard InChI is InChI=1S/C19H15F3N6/c1-2-13-11-24-28(18(13)19(20,21)22)15-8-6-14(7-9-15)16-12-27(26-25-16)17-5-3-4-10-23-17/h3-12H,2H2,1H3. The SMILES string of the molecule is CCc1cnn(-c2ccc(-c3cn(-c4ccccn4)nn3)cc2)c1C(F)(F)F. The van der Waals surface area contributed by atoms with Crippen LogP contribution in [0.25, 0.3) is 22.8 Å². The molecule has 0 aliphatic rings. The highest BCUT2D eigenvalue weighted by atomic mass is 19.4. The van der Waals surface area contributed by atoms with Crippen molar-refractivity contribution >= 4 is 0 Å². The van der Waals surface area contributed by atoms with Gasteiger partial charge >= 0.3 is 6.18 Å². The first-order chi connectivity index (χ1) is 13.5. The van der Waals surface area contributed by atoms with Crippen LogP contribution in [0.1, 0.15) is 18.2 Å². The molecular formula is C19H15F3N6. The molecule has 9 heteroatoms. The maximum Gasteiger partial charge on any atom is 0.433 e. The second-order valence-electron chi connectivity index (χ2n) is 6.06. The smallest absolute Gasteiger partial charge is 0.237 e. The summed E-state index contributed by atoms with van der Waals surface area (Å²) in [4.78, 5) is 4.20. The lowest BCUT2D eigenvalue weighted by atomic mass is 10.1. The summed E-state index contributed by atoms with van der Waals surface area (Å²) in [6.07, 6.45) is 0.393. The number of aromatic nitrogens is 6. The lowest BCUT2D eigenvalue weighted by Gasteiger charge is -2.12. The van der Waals surface area contributed by atoms with Crippen LogP contribution in [0.2, 0.25) is 0 Å². The Morgan fingerprint density at radius 3 is 2.46 bits per heavy atom. The first kappa shape index (κ1) is 17.9. The zero-order valence-corrected chi connectivity index (χ0v) is 14.8. The van der Waals surface area contributed by atoms with Gasteiger partial charge in [0, 0.05) is 17.3 Å². The third-order valence-corrected chi connectivity index (χ3v) is 4.28. The van der Waals surface area contributed by atoms with Gasteiger partial charge in [-0.1, -0.05) is 30.3 Å². The third-order valence-electron chi connectivity index (χ3n) is 4.28. The number of rotatable bonds is 4. The van der Waals surface area contributed by atoms with Crippen LogP contribution in [0.4, 0.5) is 13.2 Å². The molecule has 1 aromatic carbocycles. The lowest BCUT2D eigenvalue weighted by molar-refractivity contribution is -0.143. The molecule has 3 aromatic heterocycles. The van der Waals surface area contributed by atoms with Crippen LogP contribution in [0.5, 0.6) is 0 Å². The van der Waals surface area contributed by atoms with E-state index in [4.69, 9.17) is 0 Å². The number of hydrogen-bond acceptors (Lipinski definition) is 4. The van der Waals surface area contributed by atoms with Crippen molar-refractivity contribution in [3.63, 3.8) is 0 Å². The van der Waals surface area contributed by atoms with E-state index in [-0.39, 0.29) is 12.0 Å². The molecule has 4 rings (SSSR count). The Balaban J connectivity index is 1.66. The van der Waals surface area contributed by atoms with Crippen molar-refractivity contribution in [3.8, 4) is 22.8 Å². The van der Waals surface area contributed by atoms with E-state index in [2.05, 4.69) is 20.4 Å². The molecule has 0 unspecified atom stereocenters. The monoisotopic (exact) mass is 384 g/mol. The van der Waals surface area contributed by atoms with Gasteiger partial charge in [0.2, 0.25) is 0 Å². The van der Waals surface area contributed by atoms with E-state index in [1.807, 2.05) is 6.07 Å². The van der Waals surface area contributed by atoms with Crippen molar-refractivity contribution in [2.45, 2.75) is 19.5 Å². The molecule has 0 saturated heterocycles. The van der Waals surface area contributed by atoms with E-state index in [0.29, 0.717) is 17.2 Å². The van der Waals surface area contributed by atoms with Crippen molar-refractivity contribution in [1.29, 1.82) is 0 Å². The van der Waals surface area contributed by atoms with Crippen LogP contribution in [0.15, 0.2) is 61.1 Å². The van der Waals surface area contributed by atoms with Crippen LogP contribution < -0.4 is 0 Å². The van der Waals surface area contributed by atoms with Gasteiger partial charge in [-0.05, 0) is 30.7 Å². The number of alkyl halides is 3. The van der Waals surface area contributed by atoms with Crippen molar-refractivity contribution < 1.29 is 13.2 Å². The van der Waals surface area contributed by atoms with Crippen molar-refractivity contribution in [2.24, 2.45) is 0 Å². The number of aryl methyl sites for hydroxylation is 1. The zero-order chi connectivity index (χ0) is 19.7. The van der Waals surface area contributed by atoms with Crippen molar-refractivity contribution in [3.05, 3.63) is 72.3 Å². The van der Waals surface area contributed by atoms with Gasteiger partial charge < -0.3 is 0 Å². The predicted octanol–water partition coefficient (Wildman–Crippen LogP) is 4.10. The molecular weight excluding hydrogens is 369 g/mol. The van der Waals surface area contributed by atoms with Gasteiger partial charge in [-0.2, -0.15) is 18.3 Å². The van der Waals surface area contributed by atoms with E-state index >= 15 is 0 Å². The Morgan fingerprint density at radius 1 is 1.04 bits per heavy atom. The van der Waals surface area contributed by atoms with Crippen LogP contribution in [0, 0.1) is 0 Å². The van der Waals surface area contributed by atoms with E-state index in [9.17, 15) is 13.2 Å². The summed E-state index contributed by atoms with van der Waals surface area (Å²) in [6, 6.07) is 12.0. The molecule has 0 aliphatic heterocycles. The molecule has 0 saturated carbocycles. The minimum Gasteiger partial charge on any atom is -0.237 e. The molecule has 0 spiro atoms. The van der Waals surface area contributed by atoms with Crippen LogP contribution in [-0.4, -0.2) is 29.8 Å². The van der Waals surface area contributed by atoms with Gasteiger partial charge in [0.25, 0.3) is 0 Å². The normalized spacial score (nSPS) is 11.7. The summed E-state index contributed by atoms with van der Waals surface area (Å²) >= 11 is 0. The fourth-order valence-corrected chi connectivity index (χ4v) is 2.91. The summed E-state index contributed by atoms with van der Waals surface area (Å²) < 4.78 is 42.8. The lowest BCUT2D eigenvalue weighted by Crippen LogP contribution is -2.15. The van der Waals surface area contributed by atoms with Gasteiger partial charge in [-0.15, -0.1) is 5.10 Å². The fraction of sp³-hybridized carbons (Fsp3) is 0.158. The Labute approximate surface area is 158 Å². The molecule has 0 atom stereocenters. The van der Waals surface area contributed by atoms with Crippen LogP contribution in [-0.2, 0) is 12.6 Å². The fourth-order valence-electron chi connectivity index (χ4n) is 2.91. The van der Waals surface area contributed by atoms with Gasteiger partial charge in [0.05, 0.1) is 18.1 Å². The molecule has 0 fully saturated rings. The number of pyridine rings is 1. The number of benzene rings is 1. The highest BCUT2D eigenvalue weighted by Crippen LogP contribution is 2.34. The molecule has 0 amide bonds. The van der Waals surface area contributed by atoms with Crippen molar-refractivity contribution in [1.82, 2.24) is 29.8 Å². The second kappa shape index (κ2) is 6.91. The maximum atomic E-state index is 13.4. The predicted molar refractivity (Wildman–Crippen MR) is 96.1 cm³/mol. The Hall–Kier alpha value is -3.49. The molecule has 0 aliphatic carbocycles. The van der Waals surface area contributed by atoms with Crippen LogP contribution in [0.3, 0.4) is 0 Å². The minimum atomic E-state index is -4.48. The summed E-state index contributed by atoms with van der Waals surface area (Å²) in [5, 5.41) is 12.1. The number of hydrogen-bond donors (Lipinski definition) is 0. The zero-order valence-electron chi connectivity index (χ0n) is 14.8. The molecule has 6 nitrogen and oxygen atoms in total. The summed E-state index contributed by atoms with van der Waals surface area (Å²) in [7, 11) is 0. The van der Waals surface area contributed by atoms with E-state index in [1.54, 1.807) is 55.7 Å². The molecule has 0 radical (unpaired) electrons. The summed E-state index contributed by atoms with van der Waals surface area (Å²) in [6.45, 7) is 1.67. The Kier molecular flexibility index (Phi) is 4.42. The van der Waals surface area contributed by atoms with Gasteiger partial charge in [0.15, 0.2) is 11.5 Å². The van der Waals surface area contributed by atoms with Gasteiger partial charge in [-0.3, -0.25) is 0 Å². The summed E-state index contributed by atoms with van der Waals surface area (Å²) in [5.41, 5.74) is 1.05. The Bertz CT molecular complexity index is 1080. The van der Waals surface area contributed by atoms with E-state index in [1.165, 1.54) is 10.9 Å². The molecule has 3 heterocycles. The first-order valence-corrected chi connectivity index (χ1v) is 8.56. The molecule has 28 heavy (non-hydrogen) atoms. The Morgan fingerprint density at radius 2 is 1.82 bits per heavy atom. The topological polar surface area (TPSA) is 61.4 Å². The second-order valence-corrected chi connectivity index (χ2v) is 6.06. The molecule has 0 N–H and O–H groups in total. The van der Waals surface area contributed by atoms with Crippen molar-refractivity contribution in [2.75, 3.05) is 0 Å². The summed E-state index contributed by atoms with van der Waals surface area (Å²) in [5.74, 6) is 0.622. The molecule has 4 aromatic rings. The quantitative estimate of drug-likeness (QED) is 0.532. The van der Waals surface area contributed by atoms with E-state index in [0.717, 1.165) is 10.2 Å². The maximum absolute atomic E-state index is 13.4. The molecule has 0 bridgehead atoms. The van der Waals surface area contributed by atoms with Crippen LogP contribution >= 0.6 is 0 Å². The third kappa shape index (κ3) is 3.26. The minimum absolute atomic E-state index is 0.162. The van der Waals surface area contributed by atoms with Gasteiger partial charge in [0.1, 0.15) is 5.69 Å². The average Bonchev–Trinajstić information content (AvgIpc) is 3.36. The van der Waals surface area contributed by atoms with Gasteiger partial charge in [-0.25, -0.2) is 14.3 Å². The highest BCUT2D eigenvalue weighted by molar-refractivity contribution is 5.60. The number of halogens is 3. The van der Waals surface area contributed by atoms with E-state index < -0.39 is 11.9 Å².